The van der Waals surface area contributed by atoms with Gasteiger partial charge in [0.1, 0.15) is 0 Å². The van der Waals surface area contributed by atoms with E-state index in [2.05, 4.69) is 12.2 Å². The number of amides is 1. The normalized spacial score (nSPS) is 9.93. The molecule has 0 aromatic carbocycles. The van der Waals surface area contributed by atoms with E-state index in [4.69, 9.17) is 5.11 Å². The number of hydrogen-bond donors (Lipinski definition) is 2. The van der Waals surface area contributed by atoms with Crippen molar-refractivity contribution in [2.45, 2.75) is 51.9 Å². The summed E-state index contributed by atoms with van der Waals surface area (Å²) in [5.74, 6) is -0.679. The average Bonchev–Trinajstić information content (AvgIpc) is 2.17. The van der Waals surface area contributed by atoms with Gasteiger partial charge in [0.15, 0.2) is 0 Å². The number of nitrogens with one attached hydrogen (secondary N) is 1. The molecule has 1 amide bonds. The van der Waals surface area contributed by atoms with Gasteiger partial charge >= 0.3 is 5.97 Å². The minimum Gasteiger partial charge on any atom is -0.481 e. The fraction of sp³-hybridized carbons (Fsp3) is 0.818. The van der Waals surface area contributed by atoms with Gasteiger partial charge in [0.05, 0.1) is 0 Å². The first-order chi connectivity index (χ1) is 7.16. The summed E-state index contributed by atoms with van der Waals surface area (Å²) in [5, 5.41) is 11.2. The lowest BCUT2D eigenvalue weighted by molar-refractivity contribution is -0.137. The molecule has 0 spiro atoms. The molecule has 88 valence electrons. The number of aliphatic carboxylic acids is 1. The summed E-state index contributed by atoms with van der Waals surface area (Å²) in [6.45, 7) is 2.84. The molecule has 0 fully saturated rings. The molecule has 0 aliphatic carbocycles. The number of hydrogen-bond acceptors (Lipinski definition) is 2. The van der Waals surface area contributed by atoms with Gasteiger partial charge in [0.25, 0.3) is 0 Å². The third-order valence-electron chi connectivity index (χ3n) is 2.15. The molecule has 0 saturated carbocycles. The standard InChI is InChI=1S/C11H21NO3/c1-2-3-9-12-10(13)7-5-4-6-8-11(14)15/h2-9H2,1H3,(H,12,13)(H,14,15). The topological polar surface area (TPSA) is 66.4 Å². The van der Waals surface area contributed by atoms with Gasteiger partial charge in [-0.25, -0.2) is 0 Å². The lowest BCUT2D eigenvalue weighted by atomic mass is 10.1. The molecule has 0 unspecified atom stereocenters. The molecule has 0 atom stereocenters. The highest BCUT2D eigenvalue weighted by Gasteiger charge is 2.01. The van der Waals surface area contributed by atoms with Crippen molar-refractivity contribution in [3.05, 3.63) is 0 Å². The number of carboxylic acid groups (broad SMARTS) is 1. The van der Waals surface area contributed by atoms with E-state index >= 15 is 0 Å². The van der Waals surface area contributed by atoms with E-state index < -0.39 is 5.97 Å². The molecule has 2 N–H and O–H groups in total. The fourth-order valence-electron chi connectivity index (χ4n) is 1.23. The Kier molecular flexibility index (Phi) is 8.82. The van der Waals surface area contributed by atoms with Crippen molar-refractivity contribution in [3.8, 4) is 0 Å². The minimum absolute atomic E-state index is 0.0822. The molecule has 0 bridgehead atoms. The second kappa shape index (κ2) is 9.49. The largest absolute Gasteiger partial charge is 0.481 e. The number of unbranched alkanes of at least 4 members (excludes halogenated alkanes) is 3. The number of rotatable bonds is 9. The first kappa shape index (κ1) is 13.9. The van der Waals surface area contributed by atoms with E-state index in [1.165, 1.54) is 0 Å². The third-order valence-corrected chi connectivity index (χ3v) is 2.15. The Morgan fingerprint density at radius 1 is 1.07 bits per heavy atom. The molecule has 0 aliphatic heterocycles. The Hall–Kier alpha value is -1.06. The van der Waals surface area contributed by atoms with Gasteiger partial charge in [0, 0.05) is 19.4 Å². The molecule has 15 heavy (non-hydrogen) atoms. The molecule has 4 heteroatoms. The summed E-state index contributed by atoms with van der Waals surface area (Å²) in [7, 11) is 0. The van der Waals surface area contributed by atoms with Crippen LogP contribution in [0.4, 0.5) is 0 Å². The number of carbonyl (C=O) groups excluding carboxylic acids is 1. The average molecular weight is 215 g/mol. The quantitative estimate of drug-likeness (QED) is 0.578. The van der Waals surface area contributed by atoms with Crippen molar-refractivity contribution in [2.24, 2.45) is 0 Å². The molecule has 0 aliphatic rings. The molecule has 0 saturated heterocycles. The molecule has 0 aromatic rings. The van der Waals surface area contributed by atoms with Crippen LogP contribution in [-0.4, -0.2) is 23.5 Å². The zero-order chi connectivity index (χ0) is 11.5. The van der Waals surface area contributed by atoms with Crippen LogP contribution >= 0.6 is 0 Å². The number of carbonyl (C=O) groups is 2. The molecule has 0 heterocycles. The van der Waals surface area contributed by atoms with Crippen molar-refractivity contribution < 1.29 is 14.7 Å². The first-order valence-corrected chi connectivity index (χ1v) is 5.65. The predicted octanol–water partition coefficient (Wildman–Crippen LogP) is 1.94. The van der Waals surface area contributed by atoms with Crippen molar-refractivity contribution >= 4 is 11.9 Å². The van der Waals surface area contributed by atoms with Crippen molar-refractivity contribution in [2.75, 3.05) is 6.54 Å². The van der Waals surface area contributed by atoms with E-state index in [0.717, 1.165) is 32.2 Å². The third kappa shape index (κ3) is 10.9. The lowest BCUT2D eigenvalue weighted by Crippen LogP contribution is -2.23. The zero-order valence-electron chi connectivity index (χ0n) is 9.42. The van der Waals surface area contributed by atoms with E-state index in [1.54, 1.807) is 0 Å². The van der Waals surface area contributed by atoms with Crippen LogP contribution in [0.2, 0.25) is 0 Å². The molecular formula is C11H21NO3. The highest BCUT2D eigenvalue weighted by Crippen LogP contribution is 2.02. The summed E-state index contributed by atoms with van der Waals surface area (Å²) in [5.41, 5.74) is 0. The Labute approximate surface area is 91.1 Å². The smallest absolute Gasteiger partial charge is 0.303 e. The maximum atomic E-state index is 11.2. The van der Waals surface area contributed by atoms with Crippen LogP contribution < -0.4 is 5.32 Å². The second-order valence-electron chi connectivity index (χ2n) is 3.66. The Bertz CT molecular complexity index is 192. The summed E-state index contributed by atoms with van der Waals surface area (Å²) < 4.78 is 0. The predicted molar refractivity (Wildman–Crippen MR) is 58.6 cm³/mol. The monoisotopic (exact) mass is 215 g/mol. The van der Waals surface area contributed by atoms with Gasteiger partial charge in [-0.05, 0) is 19.3 Å². The Morgan fingerprint density at radius 2 is 1.73 bits per heavy atom. The van der Waals surface area contributed by atoms with Crippen LogP contribution in [0.5, 0.6) is 0 Å². The van der Waals surface area contributed by atoms with Crippen molar-refractivity contribution in [1.29, 1.82) is 0 Å². The van der Waals surface area contributed by atoms with Crippen LogP contribution in [0.15, 0.2) is 0 Å². The van der Waals surface area contributed by atoms with Gasteiger partial charge in [-0.1, -0.05) is 19.8 Å². The van der Waals surface area contributed by atoms with Crippen molar-refractivity contribution in [1.82, 2.24) is 5.32 Å². The SMILES string of the molecule is CCCCNC(=O)CCCCCC(=O)O. The van der Waals surface area contributed by atoms with Crippen LogP contribution in [0.25, 0.3) is 0 Å². The fourth-order valence-corrected chi connectivity index (χ4v) is 1.23. The van der Waals surface area contributed by atoms with Crippen LogP contribution in [0, 0.1) is 0 Å². The summed E-state index contributed by atoms with van der Waals surface area (Å²) in [4.78, 5) is 21.4. The molecule has 0 radical (unpaired) electrons. The second-order valence-corrected chi connectivity index (χ2v) is 3.66. The Morgan fingerprint density at radius 3 is 2.33 bits per heavy atom. The Balaban J connectivity index is 3.20. The number of carboxylic acids is 1. The van der Waals surface area contributed by atoms with Gasteiger partial charge in [-0.2, -0.15) is 0 Å². The maximum absolute atomic E-state index is 11.2. The molecular weight excluding hydrogens is 194 g/mol. The van der Waals surface area contributed by atoms with E-state index in [1.807, 2.05) is 0 Å². The van der Waals surface area contributed by atoms with Crippen LogP contribution in [0.3, 0.4) is 0 Å². The van der Waals surface area contributed by atoms with E-state index in [9.17, 15) is 9.59 Å². The maximum Gasteiger partial charge on any atom is 0.303 e. The van der Waals surface area contributed by atoms with Gasteiger partial charge in [-0.3, -0.25) is 9.59 Å². The minimum atomic E-state index is -0.762. The zero-order valence-corrected chi connectivity index (χ0v) is 9.42. The molecule has 0 aromatic heterocycles. The van der Waals surface area contributed by atoms with Crippen LogP contribution in [0.1, 0.15) is 51.9 Å². The van der Waals surface area contributed by atoms with E-state index in [0.29, 0.717) is 12.8 Å². The molecule has 4 nitrogen and oxygen atoms in total. The first-order valence-electron chi connectivity index (χ1n) is 5.65. The summed E-state index contributed by atoms with van der Waals surface area (Å²) in [6.07, 6.45) is 5.08. The van der Waals surface area contributed by atoms with Crippen LogP contribution in [-0.2, 0) is 9.59 Å². The van der Waals surface area contributed by atoms with Gasteiger partial charge in [-0.15, -0.1) is 0 Å². The van der Waals surface area contributed by atoms with Crippen molar-refractivity contribution in [3.63, 3.8) is 0 Å². The van der Waals surface area contributed by atoms with E-state index in [-0.39, 0.29) is 12.3 Å². The van der Waals surface area contributed by atoms with Gasteiger partial charge < -0.3 is 10.4 Å². The summed E-state index contributed by atoms with van der Waals surface area (Å²) in [6, 6.07) is 0. The summed E-state index contributed by atoms with van der Waals surface area (Å²) >= 11 is 0. The highest BCUT2D eigenvalue weighted by molar-refractivity contribution is 5.75. The molecule has 0 rings (SSSR count). The highest BCUT2D eigenvalue weighted by atomic mass is 16.4. The lowest BCUT2D eigenvalue weighted by Gasteiger charge is -2.03. The van der Waals surface area contributed by atoms with Gasteiger partial charge in [0.2, 0.25) is 5.91 Å².